The van der Waals surface area contributed by atoms with E-state index in [-0.39, 0.29) is 24.9 Å². The van der Waals surface area contributed by atoms with E-state index < -0.39 is 26.6 Å². The van der Waals surface area contributed by atoms with E-state index >= 15 is 0 Å². The molecule has 1 aromatic heterocycles. The highest BCUT2D eigenvalue weighted by molar-refractivity contribution is 7.89. The van der Waals surface area contributed by atoms with Crippen molar-refractivity contribution in [1.82, 2.24) is 20.2 Å². The third kappa shape index (κ3) is 4.31. The van der Waals surface area contributed by atoms with Crippen LogP contribution in [-0.2, 0) is 14.8 Å². The monoisotopic (exact) mass is 304 g/mol. The van der Waals surface area contributed by atoms with Crippen LogP contribution in [0.15, 0.2) is 11.2 Å². The summed E-state index contributed by atoms with van der Waals surface area (Å²) < 4.78 is 25.8. The van der Waals surface area contributed by atoms with E-state index in [9.17, 15) is 18.0 Å². The number of carbonyl (C=O) groups is 2. The minimum Gasteiger partial charge on any atom is -0.478 e. The van der Waals surface area contributed by atoms with Crippen LogP contribution in [0.1, 0.15) is 30.6 Å². The largest absolute Gasteiger partial charge is 0.478 e. The molecule has 1 rings (SSSR count). The Hall–Kier alpha value is -1.94. The van der Waals surface area contributed by atoms with Gasteiger partial charge in [-0.3, -0.25) is 9.89 Å². The van der Waals surface area contributed by atoms with Gasteiger partial charge in [-0.15, -0.1) is 0 Å². The second-order valence-electron chi connectivity index (χ2n) is 4.29. The topological polar surface area (TPSA) is 141 Å². The van der Waals surface area contributed by atoms with E-state index in [1.165, 1.54) is 0 Å². The Morgan fingerprint density at radius 1 is 1.45 bits per heavy atom. The first-order valence-electron chi connectivity index (χ1n) is 5.79. The van der Waals surface area contributed by atoms with Crippen LogP contribution in [0.5, 0.6) is 0 Å². The molecule has 0 bridgehead atoms. The number of carbonyl (C=O) groups excluding carboxylic acids is 1. The van der Waals surface area contributed by atoms with Gasteiger partial charge in [0.15, 0.2) is 5.03 Å². The fraction of sp³-hybridized carbons (Fsp3) is 0.500. The average Bonchev–Trinajstić information content (AvgIpc) is 2.76. The number of rotatable bonds is 7. The first-order valence-corrected chi connectivity index (χ1v) is 7.28. The van der Waals surface area contributed by atoms with Gasteiger partial charge < -0.3 is 10.4 Å². The fourth-order valence-corrected chi connectivity index (χ4v) is 2.51. The number of hydrogen-bond donors (Lipinski definition) is 4. The van der Waals surface area contributed by atoms with Crippen molar-refractivity contribution >= 4 is 21.9 Å². The molecule has 20 heavy (non-hydrogen) atoms. The van der Waals surface area contributed by atoms with E-state index in [1.54, 1.807) is 13.8 Å². The molecule has 0 saturated carbocycles. The van der Waals surface area contributed by atoms with Gasteiger partial charge in [0.2, 0.25) is 5.91 Å². The summed E-state index contributed by atoms with van der Waals surface area (Å²) in [5.74, 6) is -1.71. The molecule has 0 atom stereocenters. The molecule has 0 unspecified atom stereocenters. The highest BCUT2D eigenvalue weighted by atomic mass is 32.2. The van der Waals surface area contributed by atoms with Crippen LogP contribution in [0.4, 0.5) is 0 Å². The van der Waals surface area contributed by atoms with Gasteiger partial charge in [0, 0.05) is 19.0 Å². The number of hydrogen-bond acceptors (Lipinski definition) is 5. The third-order valence-electron chi connectivity index (χ3n) is 2.20. The number of amides is 1. The van der Waals surface area contributed by atoms with Crippen LogP contribution in [0.3, 0.4) is 0 Å². The predicted molar refractivity (Wildman–Crippen MR) is 68.6 cm³/mol. The van der Waals surface area contributed by atoms with Crippen LogP contribution in [0, 0.1) is 0 Å². The summed E-state index contributed by atoms with van der Waals surface area (Å²) in [5.41, 5.74) is -0.455. The Kier molecular flexibility index (Phi) is 5.22. The maximum atomic E-state index is 11.8. The molecule has 10 heteroatoms. The van der Waals surface area contributed by atoms with Crippen LogP contribution in [0.25, 0.3) is 0 Å². The van der Waals surface area contributed by atoms with Crippen molar-refractivity contribution in [3.8, 4) is 0 Å². The fourth-order valence-electron chi connectivity index (χ4n) is 1.40. The standard InChI is InChI=1S/C10H16N4O5S/c1-6(2)13-8(15)3-4-12-20(18,19)9-7(10(16)17)5-11-14-9/h5-6,12H,3-4H2,1-2H3,(H,11,14)(H,13,15)(H,16,17). The Balaban J connectivity index is 2.65. The SMILES string of the molecule is CC(C)NC(=O)CCNS(=O)(=O)c1[nH]ncc1C(=O)O. The van der Waals surface area contributed by atoms with Gasteiger partial charge in [0.1, 0.15) is 5.56 Å². The zero-order chi connectivity index (χ0) is 15.3. The van der Waals surface area contributed by atoms with E-state index in [0.717, 1.165) is 6.20 Å². The van der Waals surface area contributed by atoms with Crippen LogP contribution in [-0.4, -0.2) is 48.2 Å². The summed E-state index contributed by atoms with van der Waals surface area (Å²) in [5, 5.41) is 16.4. The number of carboxylic acids is 1. The molecule has 0 fully saturated rings. The first-order chi connectivity index (χ1) is 9.24. The van der Waals surface area contributed by atoms with E-state index in [1.807, 2.05) is 0 Å². The van der Waals surface area contributed by atoms with Gasteiger partial charge in [-0.25, -0.2) is 17.9 Å². The van der Waals surface area contributed by atoms with E-state index in [0.29, 0.717) is 0 Å². The number of nitrogens with one attached hydrogen (secondary N) is 3. The van der Waals surface area contributed by atoms with Crippen molar-refractivity contribution in [3.63, 3.8) is 0 Å². The second kappa shape index (κ2) is 6.48. The molecule has 112 valence electrons. The number of sulfonamides is 1. The van der Waals surface area contributed by atoms with Crippen LogP contribution < -0.4 is 10.0 Å². The molecule has 0 aromatic carbocycles. The van der Waals surface area contributed by atoms with Crippen molar-refractivity contribution < 1.29 is 23.1 Å². The van der Waals surface area contributed by atoms with Gasteiger partial charge in [0.25, 0.3) is 10.0 Å². The van der Waals surface area contributed by atoms with Gasteiger partial charge in [-0.2, -0.15) is 5.10 Å². The normalized spacial score (nSPS) is 11.6. The van der Waals surface area contributed by atoms with Crippen molar-refractivity contribution in [2.75, 3.05) is 6.54 Å². The predicted octanol–water partition coefficient (Wildman–Crippen LogP) is -0.699. The van der Waals surface area contributed by atoms with E-state index in [2.05, 4.69) is 20.2 Å². The summed E-state index contributed by atoms with van der Waals surface area (Å²) in [6.45, 7) is 3.43. The summed E-state index contributed by atoms with van der Waals surface area (Å²) >= 11 is 0. The van der Waals surface area contributed by atoms with Crippen LogP contribution >= 0.6 is 0 Å². The van der Waals surface area contributed by atoms with Gasteiger partial charge >= 0.3 is 5.97 Å². The molecule has 1 heterocycles. The third-order valence-corrected chi connectivity index (χ3v) is 3.63. The van der Waals surface area contributed by atoms with Crippen molar-refractivity contribution in [1.29, 1.82) is 0 Å². The summed E-state index contributed by atoms with van der Waals surface area (Å²) in [7, 11) is -4.05. The molecule has 0 aliphatic carbocycles. The highest BCUT2D eigenvalue weighted by Crippen LogP contribution is 2.11. The van der Waals surface area contributed by atoms with Gasteiger partial charge in [0.05, 0.1) is 6.20 Å². The highest BCUT2D eigenvalue weighted by Gasteiger charge is 2.24. The molecule has 0 saturated heterocycles. The number of aromatic carboxylic acids is 1. The molecular formula is C10H16N4O5S. The minimum atomic E-state index is -4.05. The zero-order valence-electron chi connectivity index (χ0n) is 11.0. The number of H-pyrrole nitrogens is 1. The Bertz CT molecular complexity index is 593. The average molecular weight is 304 g/mol. The molecule has 0 aliphatic heterocycles. The summed E-state index contributed by atoms with van der Waals surface area (Å²) in [6, 6.07) is -0.0367. The maximum Gasteiger partial charge on any atom is 0.340 e. The Morgan fingerprint density at radius 3 is 2.65 bits per heavy atom. The lowest BCUT2D eigenvalue weighted by molar-refractivity contribution is -0.121. The van der Waals surface area contributed by atoms with Crippen molar-refractivity contribution in [2.24, 2.45) is 0 Å². The van der Waals surface area contributed by atoms with E-state index in [4.69, 9.17) is 5.11 Å². The lowest BCUT2D eigenvalue weighted by Crippen LogP contribution is -2.34. The second-order valence-corrected chi connectivity index (χ2v) is 5.99. The Labute approximate surface area is 115 Å². The maximum absolute atomic E-state index is 11.8. The minimum absolute atomic E-state index is 0.0367. The lowest BCUT2D eigenvalue weighted by Gasteiger charge is -2.09. The molecule has 4 N–H and O–H groups in total. The number of carboxylic acid groups (broad SMARTS) is 1. The smallest absolute Gasteiger partial charge is 0.340 e. The molecule has 1 aromatic rings. The molecule has 0 spiro atoms. The molecule has 9 nitrogen and oxygen atoms in total. The summed E-state index contributed by atoms with van der Waals surface area (Å²) in [4.78, 5) is 22.2. The Morgan fingerprint density at radius 2 is 2.10 bits per heavy atom. The van der Waals surface area contributed by atoms with Crippen LogP contribution in [0.2, 0.25) is 0 Å². The number of nitrogens with zero attached hydrogens (tertiary/aromatic N) is 1. The lowest BCUT2D eigenvalue weighted by atomic mass is 10.3. The van der Waals surface area contributed by atoms with Crippen molar-refractivity contribution in [3.05, 3.63) is 11.8 Å². The first kappa shape index (κ1) is 16.1. The number of aromatic nitrogens is 2. The summed E-state index contributed by atoms with van der Waals surface area (Å²) in [6.07, 6.45) is 0.857. The van der Waals surface area contributed by atoms with Crippen molar-refractivity contribution in [2.45, 2.75) is 31.3 Å². The molecule has 0 aliphatic rings. The van der Waals surface area contributed by atoms with Gasteiger partial charge in [-0.05, 0) is 13.8 Å². The zero-order valence-corrected chi connectivity index (χ0v) is 11.8. The quantitative estimate of drug-likeness (QED) is 0.525. The number of aromatic amines is 1. The van der Waals surface area contributed by atoms with Gasteiger partial charge in [-0.1, -0.05) is 0 Å². The molecule has 1 amide bonds. The molecule has 0 radical (unpaired) electrons. The molecular weight excluding hydrogens is 288 g/mol.